The van der Waals surface area contributed by atoms with Gasteiger partial charge in [-0.3, -0.25) is 9.47 Å². The lowest BCUT2D eigenvalue weighted by Crippen LogP contribution is -2.48. The summed E-state index contributed by atoms with van der Waals surface area (Å²) in [4.78, 5) is 2.04. The normalized spacial score (nSPS) is 16.1. The summed E-state index contributed by atoms with van der Waals surface area (Å²) in [7, 11) is -3.72. The van der Waals surface area contributed by atoms with Gasteiger partial charge in [0.05, 0.1) is 17.3 Å². The van der Waals surface area contributed by atoms with E-state index in [1.807, 2.05) is 12.1 Å². The predicted octanol–water partition coefficient (Wildman–Crippen LogP) is 3.16. The maximum atomic E-state index is 13.4. The number of rotatable bonds is 5. The van der Waals surface area contributed by atoms with Gasteiger partial charge in [-0.2, -0.15) is 9.40 Å². The largest absolute Gasteiger partial charge is 0.282 e. The van der Waals surface area contributed by atoms with Crippen LogP contribution in [0.5, 0.6) is 0 Å². The molecule has 0 N–H and O–H groups in total. The van der Waals surface area contributed by atoms with Crippen LogP contribution >= 0.6 is 23.8 Å². The van der Waals surface area contributed by atoms with Crippen molar-refractivity contribution in [2.75, 3.05) is 26.2 Å². The second-order valence-electron chi connectivity index (χ2n) is 6.88. The molecule has 1 saturated heterocycles. The molecule has 1 aliphatic rings. The van der Waals surface area contributed by atoms with E-state index >= 15 is 0 Å². The molecule has 1 aliphatic heterocycles. The molecule has 158 valence electrons. The van der Waals surface area contributed by atoms with E-state index in [4.69, 9.17) is 23.8 Å². The molecule has 1 aromatic heterocycles. The smallest absolute Gasteiger partial charge is 0.243 e. The molecule has 0 aliphatic carbocycles. The first-order valence-corrected chi connectivity index (χ1v) is 11.5. The summed E-state index contributed by atoms with van der Waals surface area (Å²) in [5.74, 6) is -0.570. The van der Waals surface area contributed by atoms with Gasteiger partial charge >= 0.3 is 0 Å². The zero-order valence-electron chi connectivity index (χ0n) is 15.9. The molecule has 3 aromatic rings. The summed E-state index contributed by atoms with van der Waals surface area (Å²) < 4.78 is 44.3. The number of hydrogen-bond donors (Lipinski definition) is 0. The van der Waals surface area contributed by atoms with Crippen LogP contribution in [0.3, 0.4) is 0 Å². The van der Waals surface area contributed by atoms with Crippen LogP contribution in [0.1, 0.15) is 0 Å². The molecule has 7 nitrogen and oxygen atoms in total. The van der Waals surface area contributed by atoms with Crippen molar-refractivity contribution in [3.05, 3.63) is 70.5 Å². The van der Waals surface area contributed by atoms with Gasteiger partial charge in [0.25, 0.3) is 0 Å². The molecule has 30 heavy (non-hydrogen) atoms. The molecule has 0 spiro atoms. The Kier molecular flexibility index (Phi) is 6.03. The van der Waals surface area contributed by atoms with E-state index in [2.05, 4.69) is 10.00 Å². The Bertz CT molecular complexity index is 1220. The summed E-state index contributed by atoms with van der Waals surface area (Å²) in [5, 5.41) is 4.97. The van der Waals surface area contributed by atoms with Gasteiger partial charge in [-0.1, -0.05) is 23.7 Å². The Hall–Kier alpha value is -2.11. The number of hydrogen-bond acceptors (Lipinski definition) is 5. The van der Waals surface area contributed by atoms with Crippen molar-refractivity contribution < 1.29 is 12.8 Å². The first kappa shape index (κ1) is 21.1. The van der Waals surface area contributed by atoms with E-state index in [0.717, 1.165) is 11.8 Å². The van der Waals surface area contributed by atoms with Gasteiger partial charge in [0.2, 0.25) is 14.8 Å². The number of piperazine rings is 1. The molecular weight excluding hydrogens is 449 g/mol. The molecule has 0 atom stereocenters. The summed E-state index contributed by atoms with van der Waals surface area (Å²) in [6, 6.07) is 12.4. The fourth-order valence-electron chi connectivity index (χ4n) is 3.31. The highest BCUT2D eigenvalue weighted by Gasteiger charge is 2.29. The minimum Gasteiger partial charge on any atom is -0.282 e. The number of sulfonamides is 1. The first-order chi connectivity index (χ1) is 14.3. The third-order valence-electron chi connectivity index (χ3n) is 4.92. The average molecular weight is 468 g/mol. The van der Waals surface area contributed by atoms with Crippen LogP contribution in [-0.4, -0.2) is 58.1 Å². The van der Waals surface area contributed by atoms with Crippen LogP contribution in [0.2, 0.25) is 5.02 Å². The molecular formula is C19H19ClFN5O2S2. The second-order valence-corrected chi connectivity index (χ2v) is 9.62. The number of aromatic nitrogens is 3. The van der Waals surface area contributed by atoms with Crippen molar-refractivity contribution in [3.63, 3.8) is 0 Å². The van der Waals surface area contributed by atoms with Crippen LogP contribution in [0, 0.1) is 10.6 Å². The number of nitrogens with zero attached hydrogens (tertiary/aromatic N) is 5. The van der Waals surface area contributed by atoms with Crippen molar-refractivity contribution in [1.82, 2.24) is 23.6 Å². The third kappa shape index (κ3) is 4.33. The minimum atomic E-state index is -3.72. The van der Waals surface area contributed by atoms with Crippen molar-refractivity contribution in [2.45, 2.75) is 11.6 Å². The van der Waals surface area contributed by atoms with Crippen molar-refractivity contribution in [1.29, 1.82) is 0 Å². The van der Waals surface area contributed by atoms with E-state index in [1.54, 1.807) is 27.7 Å². The molecule has 2 heterocycles. The lowest BCUT2D eigenvalue weighted by molar-refractivity contribution is 0.144. The molecule has 1 fully saturated rings. The molecule has 4 rings (SSSR count). The van der Waals surface area contributed by atoms with Crippen LogP contribution in [-0.2, 0) is 16.7 Å². The Morgan fingerprint density at radius 1 is 1.07 bits per heavy atom. The highest BCUT2D eigenvalue weighted by Crippen LogP contribution is 2.19. The number of benzene rings is 2. The summed E-state index contributed by atoms with van der Waals surface area (Å²) >= 11 is 11.6. The summed E-state index contributed by atoms with van der Waals surface area (Å²) in [5.41, 5.74) is 0.824. The Labute approximate surface area is 184 Å². The Morgan fingerprint density at radius 3 is 2.50 bits per heavy atom. The summed E-state index contributed by atoms with van der Waals surface area (Å²) in [6.07, 6.45) is 1.64. The highest BCUT2D eigenvalue weighted by molar-refractivity contribution is 7.89. The van der Waals surface area contributed by atoms with Crippen LogP contribution in [0.4, 0.5) is 4.39 Å². The molecule has 0 unspecified atom stereocenters. The zero-order valence-corrected chi connectivity index (χ0v) is 18.2. The Morgan fingerprint density at radius 2 is 1.80 bits per heavy atom. The van der Waals surface area contributed by atoms with Crippen LogP contribution in [0.25, 0.3) is 5.69 Å². The van der Waals surface area contributed by atoms with Crippen molar-refractivity contribution in [2.24, 2.45) is 0 Å². The molecule has 0 amide bonds. The standard InChI is InChI=1S/C19H19ClFN5O2S2/c20-15-3-1-5-17(11-15)25-13-22-26(19(25)29)14-23-7-9-24(10-8-23)30(27,28)18-6-2-4-16(21)12-18/h1-6,11-13H,7-10,14H2. The van der Waals surface area contributed by atoms with Crippen LogP contribution < -0.4 is 0 Å². The highest BCUT2D eigenvalue weighted by atomic mass is 35.5. The first-order valence-electron chi connectivity index (χ1n) is 9.23. The molecule has 11 heteroatoms. The molecule has 0 saturated carbocycles. The van der Waals surface area contributed by atoms with E-state index in [9.17, 15) is 12.8 Å². The predicted molar refractivity (Wildman–Crippen MR) is 114 cm³/mol. The average Bonchev–Trinajstić information content (AvgIpc) is 3.09. The van der Waals surface area contributed by atoms with Gasteiger partial charge in [0.15, 0.2) is 0 Å². The SMILES string of the molecule is O=S(=O)(c1cccc(F)c1)N1CCN(Cn2ncn(-c3cccc(Cl)c3)c2=S)CC1. The maximum absolute atomic E-state index is 13.4. The van der Waals surface area contributed by atoms with Crippen molar-refractivity contribution >= 4 is 33.8 Å². The van der Waals surface area contributed by atoms with E-state index in [1.165, 1.54) is 22.5 Å². The van der Waals surface area contributed by atoms with Gasteiger partial charge in [0, 0.05) is 31.2 Å². The van der Waals surface area contributed by atoms with Gasteiger partial charge in [-0.05, 0) is 48.6 Å². The third-order valence-corrected chi connectivity index (χ3v) is 7.46. The van der Waals surface area contributed by atoms with Gasteiger partial charge in [-0.25, -0.2) is 17.5 Å². The quantitative estimate of drug-likeness (QED) is 0.539. The molecule has 0 bridgehead atoms. The lowest BCUT2D eigenvalue weighted by atomic mass is 10.3. The maximum Gasteiger partial charge on any atom is 0.243 e. The lowest BCUT2D eigenvalue weighted by Gasteiger charge is -2.33. The minimum absolute atomic E-state index is 0.0292. The fraction of sp³-hybridized carbons (Fsp3) is 0.263. The zero-order chi connectivity index (χ0) is 21.3. The van der Waals surface area contributed by atoms with E-state index in [0.29, 0.717) is 42.6 Å². The van der Waals surface area contributed by atoms with E-state index in [-0.39, 0.29) is 4.90 Å². The van der Waals surface area contributed by atoms with Gasteiger partial charge in [0.1, 0.15) is 12.1 Å². The van der Waals surface area contributed by atoms with Gasteiger partial charge < -0.3 is 0 Å². The summed E-state index contributed by atoms with van der Waals surface area (Å²) in [6.45, 7) is 2.09. The topological polar surface area (TPSA) is 63.4 Å². The molecule has 0 radical (unpaired) electrons. The monoisotopic (exact) mass is 467 g/mol. The van der Waals surface area contributed by atoms with E-state index < -0.39 is 15.8 Å². The van der Waals surface area contributed by atoms with Gasteiger partial charge in [-0.15, -0.1) is 0 Å². The molecule has 2 aromatic carbocycles. The Balaban J connectivity index is 1.43. The second kappa shape index (κ2) is 8.56. The van der Waals surface area contributed by atoms with Crippen molar-refractivity contribution in [3.8, 4) is 5.69 Å². The van der Waals surface area contributed by atoms with Crippen LogP contribution in [0.15, 0.2) is 59.8 Å². The fourth-order valence-corrected chi connectivity index (χ4v) is 5.21. The number of halogens is 2.